The third kappa shape index (κ3) is 8.97. The minimum Gasteiger partial charge on any atom is -0.313 e. The molecule has 2 nitrogen and oxygen atoms in total. The van der Waals surface area contributed by atoms with Gasteiger partial charge < -0.3 is 10.2 Å². The van der Waals surface area contributed by atoms with Gasteiger partial charge in [0.15, 0.2) is 0 Å². The van der Waals surface area contributed by atoms with Crippen molar-refractivity contribution in [2.24, 2.45) is 5.92 Å². The summed E-state index contributed by atoms with van der Waals surface area (Å²) in [6.07, 6.45) is -4.78. The van der Waals surface area contributed by atoms with Gasteiger partial charge in [0.1, 0.15) is 0 Å². The molecule has 0 bridgehead atoms. The Labute approximate surface area is 96.2 Å². The first-order valence-electron chi connectivity index (χ1n) is 5.71. The lowest BCUT2D eigenvalue weighted by atomic mass is 10.1. The summed E-state index contributed by atoms with van der Waals surface area (Å²) in [5.74, 6) is 0.542. The first kappa shape index (κ1) is 15.7. The fraction of sp³-hybridized carbons (Fsp3) is 1.00. The molecule has 1 unspecified atom stereocenters. The molecule has 0 aliphatic carbocycles. The molecule has 1 atom stereocenters. The van der Waals surface area contributed by atoms with Gasteiger partial charge in [0.2, 0.25) is 0 Å². The molecule has 0 saturated heterocycles. The maximum atomic E-state index is 11.9. The number of halogens is 3. The van der Waals surface area contributed by atoms with Crippen molar-refractivity contribution in [1.82, 2.24) is 10.2 Å². The van der Waals surface area contributed by atoms with Crippen molar-refractivity contribution in [2.75, 3.05) is 26.7 Å². The molecule has 1 N–H and O–H groups in total. The first-order valence-corrected chi connectivity index (χ1v) is 5.71. The molecule has 98 valence electrons. The molecule has 0 radical (unpaired) electrons. The fourth-order valence-electron chi connectivity index (χ4n) is 1.15. The molecule has 0 spiro atoms. The zero-order valence-corrected chi connectivity index (χ0v) is 10.6. The minimum absolute atomic E-state index is 0.0707. The van der Waals surface area contributed by atoms with Gasteiger partial charge in [-0.15, -0.1) is 0 Å². The van der Waals surface area contributed by atoms with Crippen LogP contribution in [-0.4, -0.2) is 43.8 Å². The van der Waals surface area contributed by atoms with E-state index in [1.807, 2.05) is 0 Å². The summed E-state index contributed by atoms with van der Waals surface area (Å²) >= 11 is 0. The lowest BCUT2D eigenvalue weighted by Crippen LogP contribution is -2.37. The SMILES string of the molecule is CC(C)C(C)NCCN(C)CCC(F)(F)F. The summed E-state index contributed by atoms with van der Waals surface area (Å²) in [5.41, 5.74) is 0. The summed E-state index contributed by atoms with van der Waals surface area (Å²) in [6.45, 7) is 7.76. The number of nitrogens with one attached hydrogen (secondary N) is 1. The third-order valence-electron chi connectivity index (χ3n) is 2.74. The van der Waals surface area contributed by atoms with Crippen LogP contribution in [0.25, 0.3) is 0 Å². The van der Waals surface area contributed by atoms with Gasteiger partial charge in [-0.2, -0.15) is 13.2 Å². The smallest absolute Gasteiger partial charge is 0.313 e. The van der Waals surface area contributed by atoms with Gasteiger partial charge >= 0.3 is 6.18 Å². The van der Waals surface area contributed by atoms with Gasteiger partial charge in [0, 0.05) is 25.7 Å². The molecule has 0 aromatic heterocycles. The van der Waals surface area contributed by atoms with Crippen molar-refractivity contribution in [2.45, 2.75) is 39.4 Å². The molecule has 16 heavy (non-hydrogen) atoms. The fourth-order valence-corrected chi connectivity index (χ4v) is 1.15. The highest BCUT2D eigenvalue weighted by Gasteiger charge is 2.26. The van der Waals surface area contributed by atoms with Crippen molar-refractivity contribution in [3.63, 3.8) is 0 Å². The molecular weight excluding hydrogens is 217 g/mol. The van der Waals surface area contributed by atoms with Gasteiger partial charge in [-0.1, -0.05) is 13.8 Å². The van der Waals surface area contributed by atoms with E-state index >= 15 is 0 Å². The Morgan fingerprint density at radius 1 is 1.12 bits per heavy atom. The van der Waals surface area contributed by atoms with E-state index in [-0.39, 0.29) is 6.54 Å². The van der Waals surface area contributed by atoms with Gasteiger partial charge in [-0.3, -0.25) is 0 Å². The van der Waals surface area contributed by atoms with Crippen LogP contribution in [0.2, 0.25) is 0 Å². The van der Waals surface area contributed by atoms with E-state index in [0.29, 0.717) is 18.5 Å². The lowest BCUT2D eigenvalue weighted by Gasteiger charge is -2.21. The maximum Gasteiger partial charge on any atom is 0.390 e. The predicted octanol–water partition coefficient (Wildman–Crippen LogP) is 2.50. The lowest BCUT2D eigenvalue weighted by molar-refractivity contribution is -0.137. The van der Waals surface area contributed by atoms with Crippen molar-refractivity contribution in [3.05, 3.63) is 0 Å². The summed E-state index contributed by atoms with van der Waals surface area (Å²) < 4.78 is 35.8. The Hall–Kier alpha value is -0.290. The quantitative estimate of drug-likeness (QED) is 0.735. The average molecular weight is 240 g/mol. The van der Waals surface area contributed by atoms with Crippen LogP contribution in [0.3, 0.4) is 0 Å². The Morgan fingerprint density at radius 2 is 1.69 bits per heavy atom. The highest BCUT2D eigenvalue weighted by Crippen LogP contribution is 2.19. The first-order chi connectivity index (χ1) is 7.22. The molecule has 0 fully saturated rings. The topological polar surface area (TPSA) is 15.3 Å². The Bertz CT molecular complexity index is 181. The van der Waals surface area contributed by atoms with Crippen LogP contribution in [-0.2, 0) is 0 Å². The van der Waals surface area contributed by atoms with Crippen LogP contribution in [0.1, 0.15) is 27.2 Å². The van der Waals surface area contributed by atoms with Gasteiger partial charge in [0.05, 0.1) is 6.42 Å². The summed E-state index contributed by atoms with van der Waals surface area (Å²) in [5, 5.41) is 3.29. The van der Waals surface area contributed by atoms with Crippen LogP contribution in [0.4, 0.5) is 13.2 Å². The van der Waals surface area contributed by atoms with E-state index in [0.717, 1.165) is 6.54 Å². The number of rotatable bonds is 7. The third-order valence-corrected chi connectivity index (χ3v) is 2.74. The molecule has 0 aliphatic heterocycles. The van der Waals surface area contributed by atoms with E-state index in [4.69, 9.17) is 0 Å². The second-order valence-corrected chi connectivity index (χ2v) is 4.66. The Morgan fingerprint density at radius 3 is 2.12 bits per heavy atom. The second kappa shape index (κ2) is 7.12. The highest BCUT2D eigenvalue weighted by molar-refractivity contribution is 4.66. The van der Waals surface area contributed by atoms with Crippen LogP contribution < -0.4 is 5.32 Å². The predicted molar refractivity (Wildman–Crippen MR) is 60.5 cm³/mol. The van der Waals surface area contributed by atoms with Gasteiger partial charge in [-0.25, -0.2) is 0 Å². The Balaban J connectivity index is 3.55. The molecule has 5 heteroatoms. The normalized spacial score (nSPS) is 14.8. The van der Waals surface area contributed by atoms with E-state index in [2.05, 4.69) is 26.1 Å². The van der Waals surface area contributed by atoms with Crippen LogP contribution in [0, 0.1) is 5.92 Å². The monoisotopic (exact) mass is 240 g/mol. The molecule has 0 heterocycles. The van der Waals surface area contributed by atoms with E-state index in [9.17, 15) is 13.2 Å². The number of hydrogen-bond donors (Lipinski definition) is 1. The van der Waals surface area contributed by atoms with E-state index in [1.165, 1.54) is 0 Å². The highest BCUT2D eigenvalue weighted by atomic mass is 19.4. The molecular formula is C11H23F3N2. The maximum absolute atomic E-state index is 11.9. The second-order valence-electron chi connectivity index (χ2n) is 4.66. The largest absolute Gasteiger partial charge is 0.390 e. The van der Waals surface area contributed by atoms with Crippen molar-refractivity contribution in [1.29, 1.82) is 0 Å². The molecule has 0 aromatic rings. The van der Waals surface area contributed by atoms with E-state index < -0.39 is 12.6 Å². The van der Waals surface area contributed by atoms with Crippen molar-refractivity contribution >= 4 is 0 Å². The zero-order valence-electron chi connectivity index (χ0n) is 10.6. The Kier molecular flexibility index (Phi) is 6.99. The number of alkyl halides is 3. The van der Waals surface area contributed by atoms with Crippen LogP contribution in [0.15, 0.2) is 0 Å². The van der Waals surface area contributed by atoms with Crippen molar-refractivity contribution < 1.29 is 13.2 Å². The summed E-state index contributed by atoms with van der Waals surface area (Å²) in [7, 11) is 1.72. The van der Waals surface area contributed by atoms with Gasteiger partial charge in [-0.05, 0) is 19.9 Å². The number of nitrogens with zero attached hydrogens (tertiary/aromatic N) is 1. The zero-order chi connectivity index (χ0) is 12.8. The average Bonchev–Trinajstić information content (AvgIpc) is 2.13. The number of hydrogen-bond acceptors (Lipinski definition) is 2. The van der Waals surface area contributed by atoms with Gasteiger partial charge in [0.25, 0.3) is 0 Å². The van der Waals surface area contributed by atoms with Crippen LogP contribution >= 0.6 is 0 Å². The summed E-state index contributed by atoms with van der Waals surface area (Å²) in [4.78, 5) is 1.70. The van der Waals surface area contributed by atoms with Crippen molar-refractivity contribution in [3.8, 4) is 0 Å². The minimum atomic E-state index is -4.05. The van der Waals surface area contributed by atoms with Crippen LogP contribution in [0.5, 0.6) is 0 Å². The standard InChI is InChI=1S/C11H23F3N2/c1-9(2)10(3)15-6-8-16(4)7-5-11(12,13)14/h9-10,15H,5-8H2,1-4H3. The summed E-state index contributed by atoms with van der Waals surface area (Å²) in [6, 6.07) is 0.399. The molecule has 0 rings (SSSR count). The molecule has 0 aliphatic rings. The number of likely N-dealkylation sites (N-methyl/N-ethyl adjacent to an activating group) is 1. The molecule has 0 aromatic carbocycles. The van der Waals surface area contributed by atoms with E-state index in [1.54, 1.807) is 11.9 Å². The molecule has 0 saturated carbocycles. The molecule has 0 amide bonds.